The van der Waals surface area contributed by atoms with Gasteiger partial charge < -0.3 is 5.11 Å². The van der Waals surface area contributed by atoms with Crippen LogP contribution in [-0.4, -0.2) is 33.6 Å². The lowest BCUT2D eigenvalue weighted by Crippen LogP contribution is -2.36. The molecule has 2 atom stereocenters. The van der Waals surface area contributed by atoms with Crippen molar-refractivity contribution in [3.05, 3.63) is 0 Å². The van der Waals surface area contributed by atoms with Crippen molar-refractivity contribution in [3.63, 3.8) is 0 Å². The number of carbonyl (C=O) groups is 1. The van der Waals surface area contributed by atoms with Gasteiger partial charge in [-0.05, 0) is 25.7 Å². The van der Waals surface area contributed by atoms with Gasteiger partial charge in [-0.3, -0.25) is 10.1 Å². The van der Waals surface area contributed by atoms with Crippen LogP contribution in [0, 0.1) is 5.92 Å². The summed E-state index contributed by atoms with van der Waals surface area (Å²) in [5.74, 6) is 0.807. The average molecular weight is 201 g/mol. The number of aliphatic carboxylic acids is 1. The van der Waals surface area contributed by atoms with E-state index in [0.717, 1.165) is 25.1 Å². The molecule has 0 aromatic carbocycles. The fourth-order valence-electron chi connectivity index (χ4n) is 1.86. The summed E-state index contributed by atoms with van der Waals surface area (Å²) < 4.78 is -0.483. The second-order valence-electron chi connectivity index (χ2n) is 3.89. The molecule has 0 aromatic rings. The smallest absolute Gasteiger partial charge is 0.319 e. The molecule has 1 saturated carbocycles. The molecular weight excluding hydrogens is 186 g/mol. The maximum Gasteiger partial charge on any atom is 0.319 e. The summed E-state index contributed by atoms with van der Waals surface area (Å²) in [5.41, 5.74) is 2.01. The predicted molar refractivity (Wildman–Crippen MR) is 55.3 cm³/mol. The van der Waals surface area contributed by atoms with Gasteiger partial charge in [-0.25, -0.2) is 0 Å². The fourth-order valence-corrected chi connectivity index (χ4v) is 4.19. The minimum absolute atomic E-state index is 0.0640. The van der Waals surface area contributed by atoms with Gasteiger partial charge in [0.05, 0.1) is 0 Å². The Morgan fingerprint density at radius 3 is 2.77 bits per heavy atom. The van der Waals surface area contributed by atoms with Crippen molar-refractivity contribution in [3.8, 4) is 0 Å². The van der Waals surface area contributed by atoms with Crippen molar-refractivity contribution in [2.45, 2.75) is 24.5 Å². The zero-order chi connectivity index (χ0) is 9.47. The van der Waals surface area contributed by atoms with Gasteiger partial charge in [-0.1, -0.05) is 0 Å². The van der Waals surface area contributed by atoms with Crippen LogP contribution < -0.4 is 5.32 Å². The van der Waals surface area contributed by atoms with Gasteiger partial charge in [-0.2, -0.15) is 10.5 Å². The first kappa shape index (κ1) is 9.21. The quantitative estimate of drug-likeness (QED) is 0.666. The number of hydrogen-bond donors (Lipinski definition) is 2. The van der Waals surface area contributed by atoms with Gasteiger partial charge in [0.15, 0.2) is 0 Å². The molecule has 1 fully saturated rings. The van der Waals surface area contributed by atoms with Crippen molar-refractivity contribution in [2.24, 2.45) is 5.92 Å². The highest BCUT2D eigenvalue weighted by Gasteiger charge is 2.49. The van der Waals surface area contributed by atoms with Crippen molar-refractivity contribution in [2.75, 3.05) is 12.3 Å². The van der Waals surface area contributed by atoms with Crippen molar-refractivity contribution >= 4 is 21.9 Å². The Kier molecular flexibility index (Phi) is 2.20. The largest absolute Gasteiger partial charge is 0.480 e. The number of carboxylic acids is 1. The lowest BCUT2D eigenvalue weighted by atomic mass is 10.1. The fraction of sp³-hybridized carbons (Fsp3) is 0.778. The van der Waals surface area contributed by atoms with E-state index >= 15 is 0 Å². The molecule has 0 spiro atoms. The molecule has 0 amide bonds. The number of nitrogens with one attached hydrogen (secondary N) is 1. The molecular formula is C9H15NO2S. The van der Waals surface area contributed by atoms with Crippen LogP contribution in [0.5, 0.6) is 0 Å². The number of carboxylic acid groups (broad SMARTS) is 1. The van der Waals surface area contributed by atoms with Gasteiger partial charge >= 0.3 is 5.97 Å². The van der Waals surface area contributed by atoms with Crippen LogP contribution in [0.3, 0.4) is 0 Å². The Morgan fingerprint density at radius 1 is 1.69 bits per heavy atom. The second kappa shape index (κ2) is 3.10. The molecule has 4 heteroatoms. The topological polar surface area (TPSA) is 49.3 Å². The van der Waals surface area contributed by atoms with Crippen LogP contribution in [0.4, 0.5) is 0 Å². The molecule has 74 valence electrons. The van der Waals surface area contributed by atoms with E-state index in [-0.39, 0.29) is 10.5 Å². The van der Waals surface area contributed by atoms with Gasteiger partial charge in [0.25, 0.3) is 0 Å². The molecule has 0 bridgehead atoms. The standard InChI is InChI=1S/C9H15NO2S/c1-9(8(11)12,7-2-3-7)13-5-4-10-6-13/h6-7,10H,2-5H2,1H3,(H,11,12). The van der Waals surface area contributed by atoms with E-state index in [9.17, 15) is 9.90 Å². The van der Waals surface area contributed by atoms with Gasteiger partial charge in [0.1, 0.15) is 4.75 Å². The summed E-state index contributed by atoms with van der Waals surface area (Å²) in [4.78, 5) is 11.2. The van der Waals surface area contributed by atoms with Crippen LogP contribution in [0.25, 0.3) is 0 Å². The Bertz CT molecular complexity index is 273. The van der Waals surface area contributed by atoms with Crippen LogP contribution in [0.15, 0.2) is 0 Å². The Balaban J connectivity index is 2.26. The maximum absolute atomic E-state index is 11.2. The summed E-state index contributed by atoms with van der Waals surface area (Å²) >= 11 is 0. The van der Waals surface area contributed by atoms with E-state index < -0.39 is 10.7 Å². The minimum Gasteiger partial charge on any atom is -0.480 e. The van der Waals surface area contributed by atoms with Gasteiger partial charge in [0.2, 0.25) is 0 Å². The highest BCUT2D eigenvalue weighted by Crippen LogP contribution is 2.50. The molecule has 1 aliphatic carbocycles. The molecule has 1 heterocycles. The normalized spacial score (nSPS) is 32.2. The lowest BCUT2D eigenvalue weighted by molar-refractivity contribution is -0.140. The van der Waals surface area contributed by atoms with Crippen molar-refractivity contribution in [1.29, 1.82) is 0 Å². The number of hydrogen-bond acceptors (Lipinski definition) is 2. The third kappa shape index (κ3) is 1.42. The monoisotopic (exact) mass is 201 g/mol. The highest BCUT2D eigenvalue weighted by atomic mass is 32.2. The first-order valence-corrected chi connectivity index (χ1v) is 6.11. The molecule has 13 heavy (non-hydrogen) atoms. The molecule has 1 aliphatic heterocycles. The molecule has 3 nitrogen and oxygen atoms in total. The predicted octanol–water partition coefficient (Wildman–Crippen LogP) is 0.871. The van der Waals surface area contributed by atoms with Crippen LogP contribution in [0.1, 0.15) is 19.8 Å². The minimum atomic E-state index is -0.613. The number of rotatable bonds is 3. The van der Waals surface area contributed by atoms with Gasteiger partial charge in [-0.15, -0.1) is 0 Å². The van der Waals surface area contributed by atoms with Crippen molar-refractivity contribution < 1.29 is 9.90 Å². The molecule has 0 radical (unpaired) electrons. The summed E-state index contributed by atoms with van der Waals surface area (Å²) in [6.07, 6.45) is 2.19. The van der Waals surface area contributed by atoms with E-state index in [1.165, 1.54) is 0 Å². The Hall–Kier alpha value is -0.350. The third-order valence-corrected chi connectivity index (χ3v) is 5.71. The molecule has 2 unspecified atom stereocenters. The molecule has 2 N–H and O–H groups in total. The second-order valence-corrected chi connectivity index (χ2v) is 6.24. The first-order chi connectivity index (χ1) is 6.15. The van der Waals surface area contributed by atoms with Gasteiger partial charge in [0, 0.05) is 17.8 Å². The van der Waals surface area contributed by atoms with Crippen LogP contribution >= 0.6 is 10.5 Å². The summed E-state index contributed by atoms with van der Waals surface area (Å²) in [5, 5.41) is 12.4. The summed E-state index contributed by atoms with van der Waals surface area (Å²) in [7, 11) is -0.0640. The van der Waals surface area contributed by atoms with Crippen molar-refractivity contribution in [1.82, 2.24) is 5.32 Å². The lowest BCUT2D eigenvalue weighted by Gasteiger charge is -2.26. The zero-order valence-electron chi connectivity index (χ0n) is 7.75. The summed E-state index contributed by atoms with van der Waals surface area (Å²) in [6.45, 7) is 2.86. The summed E-state index contributed by atoms with van der Waals surface area (Å²) in [6, 6.07) is 0. The SMILES string of the molecule is CC(C(=O)O)(C1CC1)S1=CNCC1. The van der Waals surface area contributed by atoms with E-state index in [0.29, 0.717) is 5.92 Å². The Labute approximate surface area is 80.4 Å². The highest BCUT2D eigenvalue weighted by molar-refractivity contribution is 8.17. The van der Waals surface area contributed by atoms with E-state index in [2.05, 4.69) is 5.32 Å². The average Bonchev–Trinajstić information content (AvgIpc) is 2.80. The molecule has 2 rings (SSSR count). The Morgan fingerprint density at radius 2 is 2.38 bits per heavy atom. The zero-order valence-corrected chi connectivity index (χ0v) is 8.56. The third-order valence-electron chi connectivity index (χ3n) is 3.02. The molecule has 0 aromatic heterocycles. The first-order valence-electron chi connectivity index (χ1n) is 4.65. The van der Waals surface area contributed by atoms with E-state index in [4.69, 9.17) is 0 Å². The molecule has 2 aliphatic rings. The van der Waals surface area contributed by atoms with E-state index in [1.807, 2.05) is 12.4 Å². The van der Waals surface area contributed by atoms with Crippen LogP contribution in [-0.2, 0) is 4.79 Å². The maximum atomic E-state index is 11.2. The molecule has 0 saturated heterocycles. The van der Waals surface area contributed by atoms with E-state index in [1.54, 1.807) is 0 Å². The van der Waals surface area contributed by atoms with Crippen LogP contribution in [0.2, 0.25) is 0 Å².